The van der Waals surface area contributed by atoms with Gasteiger partial charge in [-0.1, -0.05) is 78.9 Å². The number of rotatable bonds is 8. The van der Waals surface area contributed by atoms with E-state index in [4.69, 9.17) is 9.05 Å². The molecule has 0 amide bonds. The van der Waals surface area contributed by atoms with Gasteiger partial charge in [-0.25, -0.2) is 4.57 Å². The Bertz CT molecular complexity index is 1310. The van der Waals surface area contributed by atoms with Crippen molar-refractivity contribution in [1.29, 1.82) is 0 Å². The first-order chi connectivity index (χ1) is 16.0. The lowest BCUT2D eigenvalue weighted by atomic mass is 10.0. The third kappa shape index (κ3) is 5.13. The molecular weight excluding hydrogens is 437 g/mol. The summed E-state index contributed by atoms with van der Waals surface area (Å²) in [7, 11) is -4.05. The Hall–Kier alpha value is -3.89. The van der Waals surface area contributed by atoms with Crippen molar-refractivity contribution in [2.24, 2.45) is 0 Å². The fourth-order valence-corrected chi connectivity index (χ4v) is 5.14. The standard InChI is InChI=1S/C26H22NO5P/c1-20-11-10-17-24(27(28)29)26(20)32-33(30,23-15-6-3-7-16-23)31-25-18-9-8-14-22(25)19-21-12-4-2-5-13-21/h2-18H,19H2,1H3/t33-/m1/s1. The van der Waals surface area contributed by atoms with E-state index in [1.54, 1.807) is 61.5 Å². The van der Waals surface area contributed by atoms with Crippen LogP contribution in [0.5, 0.6) is 11.5 Å². The first-order valence-electron chi connectivity index (χ1n) is 10.4. The highest BCUT2D eigenvalue weighted by Crippen LogP contribution is 2.51. The zero-order valence-corrected chi connectivity index (χ0v) is 18.9. The van der Waals surface area contributed by atoms with Crippen molar-refractivity contribution in [3.63, 3.8) is 0 Å². The zero-order chi connectivity index (χ0) is 23.3. The van der Waals surface area contributed by atoms with Crippen LogP contribution in [-0.4, -0.2) is 4.92 Å². The fourth-order valence-electron chi connectivity index (χ4n) is 3.44. The van der Waals surface area contributed by atoms with Gasteiger partial charge in [-0.05, 0) is 41.8 Å². The molecule has 0 aliphatic rings. The molecule has 0 aromatic heterocycles. The van der Waals surface area contributed by atoms with Crippen molar-refractivity contribution in [2.45, 2.75) is 13.3 Å². The molecular formula is C26H22NO5P. The van der Waals surface area contributed by atoms with Gasteiger partial charge in [-0.15, -0.1) is 0 Å². The Morgan fingerprint density at radius 3 is 2.12 bits per heavy atom. The number of aryl methyl sites for hydroxylation is 1. The second-order valence-corrected chi connectivity index (χ2v) is 9.34. The molecule has 1 atom stereocenters. The lowest BCUT2D eigenvalue weighted by Gasteiger charge is -2.22. The maximum atomic E-state index is 14.2. The molecule has 0 unspecified atom stereocenters. The lowest BCUT2D eigenvalue weighted by molar-refractivity contribution is -0.385. The monoisotopic (exact) mass is 459 g/mol. The van der Waals surface area contributed by atoms with Crippen molar-refractivity contribution in [3.05, 3.63) is 130 Å². The van der Waals surface area contributed by atoms with Crippen molar-refractivity contribution in [2.75, 3.05) is 0 Å². The van der Waals surface area contributed by atoms with Crippen molar-refractivity contribution < 1.29 is 18.5 Å². The van der Waals surface area contributed by atoms with Crippen LogP contribution in [-0.2, 0) is 11.0 Å². The van der Waals surface area contributed by atoms with E-state index < -0.39 is 12.5 Å². The molecule has 6 nitrogen and oxygen atoms in total. The van der Waals surface area contributed by atoms with E-state index in [0.29, 0.717) is 23.0 Å². The van der Waals surface area contributed by atoms with E-state index >= 15 is 0 Å². The molecule has 4 aromatic rings. The van der Waals surface area contributed by atoms with Gasteiger partial charge < -0.3 is 9.05 Å². The van der Waals surface area contributed by atoms with E-state index in [2.05, 4.69) is 0 Å². The molecule has 166 valence electrons. The molecule has 0 saturated heterocycles. The van der Waals surface area contributed by atoms with E-state index in [1.807, 2.05) is 42.5 Å². The maximum absolute atomic E-state index is 14.2. The molecule has 33 heavy (non-hydrogen) atoms. The average Bonchev–Trinajstić information content (AvgIpc) is 2.83. The van der Waals surface area contributed by atoms with E-state index in [9.17, 15) is 14.7 Å². The van der Waals surface area contributed by atoms with Crippen molar-refractivity contribution in [3.8, 4) is 11.5 Å². The molecule has 0 saturated carbocycles. The Balaban J connectivity index is 1.77. The molecule has 0 radical (unpaired) electrons. The normalized spacial score (nSPS) is 12.5. The van der Waals surface area contributed by atoms with Gasteiger partial charge in [0.2, 0.25) is 5.75 Å². The third-order valence-electron chi connectivity index (χ3n) is 5.10. The summed E-state index contributed by atoms with van der Waals surface area (Å²) in [5, 5.41) is 11.9. The van der Waals surface area contributed by atoms with Crippen LogP contribution in [0.4, 0.5) is 5.69 Å². The highest BCUT2D eigenvalue weighted by molar-refractivity contribution is 7.63. The van der Waals surface area contributed by atoms with Crippen LogP contribution >= 0.6 is 7.60 Å². The van der Waals surface area contributed by atoms with Crippen LogP contribution in [0.15, 0.2) is 103 Å². The molecule has 0 fully saturated rings. The minimum Gasteiger partial charge on any atom is -0.413 e. The van der Waals surface area contributed by atoms with Crippen LogP contribution in [0.25, 0.3) is 0 Å². The SMILES string of the molecule is Cc1cccc([N+](=O)[O-])c1O[P@](=O)(Oc1ccccc1Cc1ccccc1)c1ccccc1. The first-order valence-corrected chi connectivity index (χ1v) is 11.9. The second-order valence-electron chi connectivity index (χ2n) is 7.47. The predicted molar refractivity (Wildman–Crippen MR) is 128 cm³/mol. The van der Waals surface area contributed by atoms with E-state index in [0.717, 1.165) is 11.1 Å². The Morgan fingerprint density at radius 1 is 0.788 bits per heavy atom. The quantitative estimate of drug-likeness (QED) is 0.171. The number of nitrogens with zero attached hydrogens (tertiary/aromatic N) is 1. The lowest BCUT2D eigenvalue weighted by Crippen LogP contribution is -2.16. The Morgan fingerprint density at radius 2 is 1.42 bits per heavy atom. The molecule has 0 heterocycles. The van der Waals surface area contributed by atoms with Crippen LogP contribution in [0, 0.1) is 17.0 Å². The molecule has 7 heteroatoms. The van der Waals surface area contributed by atoms with Gasteiger partial charge in [0.25, 0.3) is 0 Å². The summed E-state index contributed by atoms with van der Waals surface area (Å²) in [5.41, 5.74) is 2.11. The van der Waals surface area contributed by atoms with Gasteiger partial charge in [0, 0.05) is 12.5 Å². The molecule has 0 aliphatic heterocycles. The number of benzene rings is 4. The van der Waals surface area contributed by atoms with Crippen LogP contribution in [0.1, 0.15) is 16.7 Å². The minimum absolute atomic E-state index is 0.0739. The summed E-state index contributed by atoms with van der Waals surface area (Å²) in [6, 6.07) is 30.2. The van der Waals surface area contributed by atoms with Gasteiger partial charge in [0.1, 0.15) is 5.75 Å². The highest BCUT2D eigenvalue weighted by Gasteiger charge is 2.35. The predicted octanol–water partition coefficient (Wildman–Crippen LogP) is 6.47. The van der Waals surface area contributed by atoms with Crippen LogP contribution in [0.3, 0.4) is 0 Å². The fraction of sp³-hybridized carbons (Fsp3) is 0.0769. The summed E-state index contributed by atoms with van der Waals surface area (Å²) in [5.74, 6) is 0.319. The van der Waals surface area contributed by atoms with Crippen molar-refractivity contribution >= 4 is 18.6 Å². The molecule has 4 rings (SSSR count). The van der Waals surface area contributed by atoms with Crippen LogP contribution in [0.2, 0.25) is 0 Å². The zero-order valence-electron chi connectivity index (χ0n) is 18.0. The number of nitro groups is 1. The summed E-state index contributed by atoms with van der Waals surface area (Å²) in [6.45, 7) is 1.67. The minimum atomic E-state index is -4.05. The molecule has 0 spiro atoms. The van der Waals surface area contributed by atoms with Gasteiger partial charge in [0.15, 0.2) is 0 Å². The Kier molecular flexibility index (Phi) is 6.57. The number of hydrogen-bond acceptors (Lipinski definition) is 5. The van der Waals surface area contributed by atoms with Gasteiger partial charge in [-0.3, -0.25) is 10.1 Å². The summed E-state index contributed by atoms with van der Waals surface area (Å²) in [4.78, 5) is 11.1. The highest BCUT2D eigenvalue weighted by atomic mass is 31.2. The van der Waals surface area contributed by atoms with Gasteiger partial charge >= 0.3 is 13.3 Å². The number of nitro benzene ring substituents is 1. The van der Waals surface area contributed by atoms with Crippen LogP contribution < -0.4 is 14.4 Å². The molecule has 0 aliphatic carbocycles. The number of para-hydroxylation sites is 2. The summed E-state index contributed by atoms with van der Waals surface area (Å²) >= 11 is 0. The molecule has 4 aromatic carbocycles. The third-order valence-corrected chi connectivity index (χ3v) is 6.89. The first kappa shape index (κ1) is 22.3. The largest absolute Gasteiger partial charge is 0.463 e. The smallest absolute Gasteiger partial charge is 0.413 e. The molecule has 0 N–H and O–H groups in total. The molecule has 0 bridgehead atoms. The topological polar surface area (TPSA) is 78.7 Å². The second kappa shape index (κ2) is 9.72. The summed E-state index contributed by atoms with van der Waals surface area (Å²) < 4.78 is 26.2. The van der Waals surface area contributed by atoms with E-state index in [1.165, 1.54) is 6.07 Å². The van der Waals surface area contributed by atoms with Gasteiger partial charge in [-0.2, -0.15) is 0 Å². The van der Waals surface area contributed by atoms with Gasteiger partial charge in [0.05, 0.1) is 10.2 Å². The number of hydrogen-bond donors (Lipinski definition) is 0. The maximum Gasteiger partial charge on any atom is 0.463 e. The van der Waals surface area contributed by atoms with E-state index in [-0.39, 0.29) is 11.4 Å². The Labute approximate surface area is 192 Å². The van der Waals surface area contributed by atoms with Crippen molar-refractivity contribution in [1.82, 2.24) is 0 Å². The average molecular weight is 459 g/mol. The summed E-state index contributed by atoms with van der Waals surface area (Å²) in [6.07, 6.45) is 0.566.